The maximum Gasteiger partial charge on any atom is 0.345 e. The summed E-state index contributed by atoms with van der Waals surface area (Å²) in [5.41, 5.74) is 1.79. The second-order valence-corrected chi connectivity index (χ2v) is 9.31. The minimum absolute atomic E-state index is 0.362. The number of pyridine rings is 1. The summed E-state index contributed by atoms with van der Waals surface area (Å²) in [6.45, 7) is 5.06. The lowest BCUT2D eigenvalue weighted by Gasteiger charge is -2.32. The normalized spacial score (nSPS) is 22.8. The largest absolute Gasteiger partial charge is 0.506 e. The van der Waals surface area contributed by atoms with Crippen molar-refractivity contribution < 1.29 is 15.0 Å². The summed E-state index contributed by atoms with van der Waals surface area (Å²) >= 11 is 0. The Morgan fingerprint density at radius 3 is 2.61 bits per heavy atom. The predicted octanol–water partition coefficient (Wildman–Crippen LogP) is 3.18. The molecule has 0 amide bonds. The van der Waals surface area contributed by atoms with Crippen molar-refractivity contribution in [2.45, 2.75) is 32.6 Å². The van der Waals surface area contributed by atoms with Crippen molar-refractivity contribution in [1.29, 1.82) is 0 Å². The molecule has 0 unspecified atom stereocenters. The van der Waals surface area contributed by atoms with Gasteiger partial charge in [-0.1, -0.05) is 25.5 Å². The number of aromatic nitrogens is 1. The first-order valence-electron chi connectivity index (χ1n) is 11.0. The highest BCUT2D eigenvalue weighted by molar-refractivity contribution is 5.92. The number of rotatable bonds is 6. The number of aromatic carboxylic acids is 1. The van der Waals surface area contributed by atoms with E-state index in [-0.39, 0.29) is 0 Å². The standard InChI is InChI=1S/C24H31N3O4/c1-4-18-20(25-22(29)19(21(18)28)23(30)31)15-7-9-17(10-8-15)27-12-16-6-5-11-24(16,14-27)13-26(2)3/h7-10,16H,4-6,11-14H2,1-3H3,(H,30,31)(H2,25,28,29)/t16-,24-/m1/s1. The van der Waals surface area contributed by atoms with Crippen molar-refractivity contribution >= 4 is 11.7 Å². The number of nitrogens with zero attached hydrogens (tertiary/aromatic N) is 2. The van der Waals surface area contributed by atoms with Gasteiger partial charge in [0.25, 0.3) is 5.56 Å². The highest BCUT2D eigenvalue weighted by Gasteiger charge is 2.49. The van der Waals surface area contributed by atoms with Crippen molar-refractivity contribution in [2.75, 3.05) is 38.6 Å². The van der Waals surface area contributed by atoms with E-state index in [1.165, 1.54) is 19.3 Å². The smallest absolute Gasteiger partial charge is 0.345 e. The number of fused-ring (bicyclic) bond motifs is 1. The van der Waals surface area contributed by atoms with E-state index in [4.69, 9.17) is 0 Å². The van der Waals surface area contributed by atoms with Crippen LogP contribution in [0.1, 0.15) is 42.1 Å². The molecule has 1 aliphatic carbocycles. The van der Waals surface area contributed by atoms with Gasteiger partial charge in [0, 0.05) is 36.3 Å². The molecule has 2 fully saturated rings. The zero-order valence-electron chi connectivity index (χ0n) is 18.4. The summed E-state index contributed by atoms with van der Waals surface area (Å²) < 4.78 is 0. The number of hydrogen-bond donors (Lipinski definition) is 3. The Morgan fingerprint density at radius 2 is 2.00 bits per heavy atom. The molecule has 1 saturated carbocycles. The van der Waals surface area contributed by atoms with Gasteiger partial charge in [-0.25, -0.2) is 4.79 Å². The molecular formula is C24H31N3O4. The second-order valence-electron chi connectivity index (χ2n) is 9.31. The molecule has 2 heterocycles. The molecule has 31 heavy (non-hydrogen) atoms. The number of hydrogen-bond acceptors (Lipinski definition) is 5. The number of aromatic hydroxyl groups is 1. The maximum absolute atomic E-state index is 12.2. The number of anilines is 1. The third-order valence-electron chi connectivity index (χ3n) is 7.05. The van der Waals surface area contributed by atoms with Crippen molar-refractivity contribution in [1.82, 2.24) is 9.88 Å². The van der Waals surface area contributed by atoms with Crippen LogP contribution in [-0.2, 0) is 6.42 Å². The van der Waals surface area contributed by atoms with E-state index in [0.29, 0.717) is 23.1 Å². The maximum atomic E-state index is 12.2. The summed E-state index contributed by atoms with van der Waals surface area (Å²) in [6, 6.07) is 7.98. The lowest BCUT2D eigenvalue weighted by molar-refractivity contribution is 0.0691. The molecule has 166 valence electrons. The van der Waals surface area contributed by atoms with Crippen LogP contribution in [0.15, 0.2) is 29.1 Å². The predicted molar refractivity (Wildman–Crippen MR) is 121 cm³/mol. The average Bonchev–Trinajstić information content (AvgIpc) is 3.23. The van der Waals surface area contributed by atoms with Gasteiger partial charge in [-0.2, -0.15) is 0 Å². The molecule has 2 atom stereocenters. The highest BCUT2D eigenvalue weighted by atomic mass is 16.4. The number of H-pyrrole nitrogens is 1. The number of carbonyl (C=O) groups is 1. The number of benzene rings is 1. The minimum atomic E-state index is -1.43. The molecule has 1 aliphatic heterocycles. The minimum Gasteiger partial charge on any atom is -0.506 e. The molecule has 0 radical (unpaired) electrons. The van der Waals surface area contributed by atoms with Crippen LogP contribution in [0.4, 0.5) is 5.69 Å². The Labute approximate surface area is 182 Å². The van der Waals surface area contributed by atoms with E-state index in [1.807, 2.05) is 19.1 Å². The van der Waals surface area contributed by atoms with E-state index in [1.54, 1.807) is 0 Å². The van der Waals surface area contributed by atoms with Gasteiger partial charge in [0.2, 0.25) is 0 Å². The van der Waals surface area contributed by atoms with Crippen molar-refractivity contribution in [3.05, 3.63) is 45.7 Å². The van der Waals surface area contributed by atoms with Crippen LogP contribution in [0.25, 0.3) is 11.3 Å². The Balaban J connectivity index is 1.63. The fourth-order valence-corrected chi connectivity index (χ4v) is 5.76. The third kappa shape index (κ3) is 3.71. The molecule has 2 aliphatic rings. The van der Waals surface area contributed by atoms with Crippen LogP contribution in [0.3, 0.4) is 0 Å². The van der Waals surface area contributed by atoms with Crippen LogP contribution < -0.4 is 10.5 Å². The zero-order valence-corrected chi connectivity index (χ0v) is 18.4. The molecule has 0 spiro atoms. The lowest BCUT2D eigenvalue weighted by atomic mass is 9.80. The van der Waals surface area contributed by atoms with E-state index < -0.39 is 22.8 Å². The molecule has 2 aromatic rings. The summed E-state index contributed by atoms with van der Waals surface area (Å²) in [7, 11) is 4.30. The molecule has 1 aromatic heterocycles. The highest BCUT2D eigenvalue weighted by Crippen LogP contribution is 2.50. The Hall–Kier alpha value is -2.80. The fourth-order valence-electron chi connectivity index (χ4n) is 5.76. The van der Waals surface area contributed by atoms with Crippen LogP contribution in [0.5, 0.6) is 5.75 Å². The summed E-state index contributed by atoms with van der Waals surface area (Å²) in [6.07, 6.45) is 4.29. The Kier molecular flexibility index (Phi) is 5.56. The SMILES string of the molecule is CCc1c(-c2ccc(N3C[C@H]4CCC[C@@]4(CN(C)C)C3)cc2)[nH]c(=O)c(C(=O)O)c1O. The molecule has 7 nitrogen and oxygen atoms in total. The van der Waals surface area contributed by atoms with Crippen LogP contribution in [-0.4, -0.2) is 59.8 Å². The fraction of sp³-hybridized carbons (Fsp3) is 0.500. The van der Waals surface area contributed by atoms with Gasteiger partial charge < -0.3 is 25.0 Å². The van der Waals surface area contributed by atoms with Crippen LogP contribution in [0.2, 0.25) is 0 Å². The molecule has 7 heteroatoms. The first-order valence-corrected chi connectivity index (χ1v) is 11.0. The van der Waals surface area contributed by atoms with E-state index in [0.717, 1.165) is 36.8 Å². The van der Waals surface area contributed by atoms with Gasteiger partial charge in [-0.15, -0.1) is 0 Å². The molecule has 1 saturated heterocycles. The Morgan fingerprint density at radius 1 is 1.29 bits per heavy atom. The van der Waals surface area contributed by atoms with E-state index >= 15 is 0 Å². The van der Waals surface area contributed by atoms with Crippen LogP contribution in [0, 0.1) is 11.3 Å². The van der Waals surface area contributed by atoms with E-state index in [2.05, 4.69) is 41.0 Å². The third-order valence-corrected chi connectivity index (χ3v) is 7.05. The number of carboxylic acids is 1. The quantitative estimate of drug-likeness (QED) is 0.658. The van der Waals surface area contributed by atoms with Gasteiger partial charge >= 0.3 is 5.97 Å². The topological polar surface area (TPSA) is 96.9 Å². The van der Waals surface area contributed by atoms with Crippen molar-refractivity contribution in [3.63, 3.8) is 0 Å². The average molecular weight is 426 g/mol. The summed E-state index contributed by atoms with van der Waals surface area (Å²) in [5.74, 6) is -1.16. The van der Waals surface area contributed by atoms with Gasteiger partial charge in [0.05, 0.1) is 5.69 Å². The summed E-state index contributed by atoms with van der Waals surface area (Å²) in [5, 5.41) is 19.6. The molecule has 0 bridgehead atoms. The summed E-state index contributed by atoms with van der Waals surface area (Å²) in [4.78, 5) is 31.0. The van der Waals surface area contributed by atoms with E-state index in [9.17, 15) is 19.8 Å². The van der Waals surface area contributed by atoms with Crippen LogP contribution >= 0.6 is 0 Å². The first-order chi connectivity index (χ1) is 14.8. The number of carboxylic acid groups (broad SMARTS) is 1. The zero-order chi connectivity index (χ0) is 22.3. The van der Waals surface area contributed by atoms with Gasteiger partial charge in [-0.3, -0.25) is 4.79 Å². The monoisotopic (exact) mass is 425 g/mol. The Bertz CT molecular complexity index is 1040. The first kappa shape index (κ1) is 21.4. The molecule has 4 rings (SSSR count). The molecule has 3 N–H and O–H groups in total. The van der Waals surface area contributed by atoms with Gasteiger partial charge in [0.1, 0.15) is 5.75 Å². The van der Waals surface area contributed by atoms with Gasteiger partial charge in [-0.05, 0) is 57.0 Å². The second kappa shape index (κ2) is 8.04. The molecular weight excluding hydrogens is 394 g/mol. The number of nitrogens with one attached hydrogen (secondary N) is 1. The van der Waals surface area contributed by atoms with Gasteiger partial charge in [0.15, 0.2) is 5.56 Å². The van der Waals surface area contributed by atoms with Crippen molar-refractivity contribution in [3.8, 4) is 17.0 Å². The molecule has 1 aromatic carbocycles. The lowest BCUT2D eigenvalue weighted by Crippen LogP contribution is -2.37. The number of aromatic amines is 1. The van der Waals surface area contributed by atoms with Crippen molar-refractivity contribution in [2.24, 2.45) is 11.3 Å².